The van der Waals surface area contributed by atoms with Gasteiger partial charge in [-0.1, -0.05) is 49.2 Å². The smallest absolute Gasteiger partial charge is 0.336 e. The van der Waals surface area contributed by atoms with E-state index >= 15 is 0 Å². The largest absolute Gasteiger partial charge is 0.497 e. The van der Waals surface area contributed by atoms with Crippen molar-refractivity contribution in [2.24, 2.45) is 0 Å². The molecule has 0 radical (unpaired) electrons. The van der Waals surface area contributed by atoms with Crippen LogP contribution in [0.2, 0.25) is 0 Å². The molecule has 2 heterocycles. The van der Waals surface area contributed by atoms with Gasteiger partial charge < -0.3 is 9.64 Å². The molecule has 190 valence electrons. The molecule has 7 heteroatoms. The van der Waals surface area contributed by atoms with Crippen molar-refractivity contribution in [3.05, 3.63) is 105 Å². The number of hydrogen-bond donors (Lipinski definition) is 0. The zero-order valence-corrected chi connectivity index (χ0v) is 21.1. The van der Waals surface area contributed by atoms with Crippen LogP contribution in [0.4, 0.5) is 0 Å². The summed E-state index contributed by atoms with van der Waals surface area (Å²) in [4.78, 5) is 41.9. The van der Waals surface area contributed by atoms with E-state index in [9.17, 15) is 14.4 Å². The van der Waals surface area contributed by atoms with E-state index in [2.05, 4.69) is 0 Å². The molecule has 0 aliphatic carbocycles. The third-order valence-electron chi connectivity index (χ3n) is 7.03. The highest BCUT2D eigenvalue weighted by Crippen LogP contribution is 2.17. The van der Waals surface area contributed by atoms with Crippen molar-refractivity contribution in [1.29, 1.82) is 0 Å². The molecule has 0 unspecified atom stereocenters. The maximum Gasteiger partial charge on any atom is 0.336 e. The highest BCUT2D eigenvalue weighted by atomic mass is 16.5. The predicted molar refractivity (Wildman–Crippen MR) is 145 cm³/mol. The molecule has 37 heavy (non-hydrogen) atoms. The molecule has 7 nitrogen and oxygen atoms in total. The van der Waals surface area contributed by atoms with E-state index in [-0.39, 0.29) is 11.5 Å². The molecule has 1 aliphatic heterocycles. The van der Waals surface area contributed by atoms with E-state index in [4.69, 9.17) is 4.74 Å². The van der Waals surface area contributed by atoms with Crippen LogP contribution < -0.4 is 16.0 Å². The summed E-state index contributed by atoms with van der Waals surface area (Å²) in [6.07, 6.45) is 4.77. The van der Waals surface area contributed by atoms with Gasteiger partial charge in [0.05, 0.1) is 36.7 Å². The molecule has 0 saturated carbocycles. The minimum atomic E-state index is -0.417. The minimum Gasteiger partial charge on any atom is -0.497 e. The van der Waals surface area contributed by atoms with Crippen LogP contribution in [0.1, 0.15) is 36.8 Å². The van der Waals surface area contributed by atoms with Gasteiger partial charge in [-0.15, -0.1) is 0 Å². The molecule has 0 atom stereocenters. The summed E-state index contributed by atoms with van der Waals surface area (Å²) in [6, 6.07) is 21.9. The molecular formula is C30H31N3O4. The van der Waals surface area contributed by atoms with Crippen LogP contribution in [0.3, 0.4) is 0 Å². The van der Waals surface area contributed by atoms with Gasteiger partial charge in [0.25, 0.3) is 5.56 Å². The van der Waals surface area contributed by atoms with Gasteiger partial charge in [-0.3, -0.25) is 14.2 Å². The van der Waals surface area contributed by atoms with Crippen molar-refractivity contribution in [2.75, 3.05) is 20.2 Å². The van der Waals surface area contributed by atoms with E-state index in [0.29, 0.717) is 35.3 Å². The Morgan fingerprint density at radius 3 is 2.30 bits per heavy atom. The monoisotopic (exact) mass is 497 g/mol. The normalized spacial score (nSPS) is 13.9. The van der Waals surface area contributed by atoms with Crippen LogP contribution in [0, 0.1) is 0 Å². The predicted octanol–water partition coefficient (Wildman–Crippen LogP) is 4.15. The molecule has 0 bridgehead atoms. The lowest BCUT2D eigenvalue weighted by Crippen LogP contribution is -2.39. The number of methoxy groups -OCH3 is 1. The third kappa shape index (κ3) is 5.21. The summed E-state index contributed by atoms with van der Waals surface area (Å²) >= 11 is 0. The Morgan fingerprint density at radius 2 is 1.57 bits per heavy atom. The Labute approximate surface area is 215 Å². The number of fused-ring (bicyclic) bond motifs is 1. The number of aromatic nitrogens is 2. The van der Waals surface area contributed by atoms with E-state index in [1.165, 1.54) is 17.4 Å². The summed E-state index contributed by atoms with van der Waals surface area (Å²) in [5, 5.41) is 0.463. The molecule has 4 aromatic rings. The van der Waals surface area contributed by atoms with E-state index < -0.39 is 5.69 Å². The fourth-order valence-electron chi connectivity index (χ4n) is 5.02. The average molecular weight is 498 g/mol. The van der Waals surface area contributed by atoms with Crippen molar-refractivity contribution < 1.29 is 9.53 Å². The number of benzene rings is 3. The Hall–Kier alpha value is -4.13. The fraction of sp³-hybridized carbons (Fsp3) is 0.300. The minimum absolute atomic E-state index is 0.123. The topological polar surface area (TPSA) is 73.5 Å². The maximum atomic E-state index is 13.7. The van der Waals surface area contributed by atoms with Gasteiger partial charge in [-0.25, -0.2) is 9.36 Å². The molecule has 1 saturated heterocycles. The van der Waals surface area contributed by atoms with Crippen LogP contribution in [0.5, 0.6) is 5.75 Å². The van der Waals surface area contributed by atoms with Crippen LogP contribution >= 0.6 is 0 Å². The third-order valence-corrected chi connectivity index (χ3v) is 7.03. The van der Waals surface area contributed by atoms with Gasteiger partial charge in [0.2, 0.25) is 5.91 Å². The number of nitrogens with zero attached hydrogens (tertiary/aromatic N) is 3. The van der Waals surface area contributed by atoms with Gasteiger partial charge in [-0.05, 0) is 60.4 Å². The van der Waals surface area contributed by atoms with E-state index in [1.807, 2.05) is 47.4 Å². The first-order valence-electron chi connectivity index (χ1n) is 12.8. The zero-order chi connectivity index (χ0) is 25.8. The molecule has 1 aromatic heterocycles. The Balaban J connectivity index is 1.49. The van der Waals surface area contributed by atoms with Crippen molar-refractivity contribution in [3.8, 4) is 11.4 Å². The van der Waals surface area contributed by atoms with E-state index in [1.54, 1.807) is 42.0 Å². The average Bonchev–Trinajstić information content (AvgIpc) is 3.22. The van der Waals surface area contributed by atoms with Crippen molar-refractivity contribution in [1.82, 2.24) is 14.0 Å². The number of likely N-dealkylation sites (tertiary alicyclic amines) is 1. The fourth-order valence-corrected chi connectivity index (χ4v) is 5.02. The number of carbonyl (C=O) groups excluding carboxylic acids is 1. The van der Waals surface area contributed by atoms with Crippen LogP contribution in [0.15, 0.2) is 82.4 Å². The Bertz CT molecular complexity index is 1530. The molecule has 5 rings (SSSR count). The standard InChI is InChI=1S/C30H31N3O4/c1-37-25-10-8-9-23(19-25)21-32-27-12-5-4-11-26(27)29(35)33(30(32)36)24-15-13-22(14-16-24)20-28(34)31-17-6-2-3-7-18-31/h4-5,8-16,19H,2-3,6-7,17-18,20-21H2,1H3. The number of rotatable bonds is 6. The molecule has 1 fully saturated rings. The quantitative estimate of drug-likeness (QED) is 0.401. The second-order valence-corrected chi connectivity index (χ2v) is 9.52. The summed E-state index contributed by atoms with van der Waals surface area (Å²) in [5.41, 5.74) is 2.03. The van der Waals surface area contributed by atoms with Gasteiger partial charge in [0.15, 0.2) is 0 Å². The SMILES string of the molecule is COc1cccc(Cn2c(=O)n(-c3ccc(CC(=O)N4CCCCCC4)cc3)c(=O)c3ccccc32)c1. The lowest BCUT2D eigenvalue weighted by Gasteiger charge is -2.20. The number of hydrogen-bond acceptors (Lipinski definition) is 4. The van der Waals surface area contributed by atoms with Gasteiger partial charge >= 0.3 is 5.69 Å². The molecule has 0 spiro atoms. The lowest BCUT2D eigenvalue weighted by atomic mass is 10.1. The summed E-state index contributed by atoms with van der Waals surface area (Å²) in [5.74, 6) is 0.826. The second kappa shape index (κ2) is 10.9. The highest BCUT2D eigenvalue weighted by Gasteiger charge is 2.17. The Morgan fingerprint density at radius 1 is 0.838 bits per heavy atom. The Kier molecular flexibility index (Phi) is 7.21. The summed E-state index contributed by atoms with van der Waals surface area (Å²) < 4.78 is 8.16. The lowest BCUT2D eigenvalue weighted by molar-refractivity contribution is -0.130. The molecule has 1 aliphatic rings. The maximum absolute atomic E-state index is 13.7. The van der Waals surface area contributed by atoms with Crippen LogP contribution in [0.25, 0.3) is 16.6 Å². The van der Waals surface area contributed by atoms with Gasteiger partial charge in [0, 0.05) is 13.1 Å². The van der Waals surface area contributed by atoms with Crippen molar-refractivity contribution in [2.45, 2.75) is 38.6 Å². The zero-order valence-electron chi connectivity index (χ0n) is 21.1. The second-order valence-electron chi connectivity index (χ2n) is 9.52. The number of ether oxygens (including phenoxy) is 1. The first kappa shape index (κ1) is 24.6. The van der Waals surface area contributed by atoms with Crippen molar-refractivity contribution >= 4 is 16.8 Å². The highest BCUT2D eigenvalue weighted by molar-refractivity contribution is 5.79. The van der Waals surface area contributed by atoms with E-state index in [0.717, 1.165) is 37.1 Å². The number of amides is 1. The molecule has 1 amide bonds. The molecule has 0 N–H and O–H groups in total. The van der Waals surface area contributed by atoms with Crippen LogP contribution in [-0.4, -0.2) is 40.1 Å². The molecule has 3 aromatic carbocycles. The number of para-hydroxylation sites is 1. The van der Waals surface area contributed by atoms with Crippen LogP contribution in [-0.2, 0) is 17.8 Å². The first-order chi connectivity index (χ1) is 18.0. The molecular weight excluding hydrogens is 466 g/mol. The van der Waals surface area contributed by atoms with Gasteiger partial charge in [0.1, 0.15) is 5.75 Å². The summed E-state index contributed by atoms with van der Waals surface area (Å²) in [7, 11) is 1.60. The van der Waals surface area contributed by atoms with Gasteiger partial charge in [-0.2, -0.15) is 0 Å². The van der Waals surface area contributed by atoms with Crippen molar-refractivity contribution in [3.63, 3.8) is 0 Å². The summed E-state index contributed by atoms with van der Waals surface area (Å²) in [6.45, 7) is 1.92. The first-order valence-corrected chi connectivity index (χ1v) is 12.8. The number of carbonyl (C=O) groups is 1.